The summed E-state index contributed by atoms with van der Waals surface area (Å²) in [5.41, 5.74) is 8.80. The van der Waals surface area contributed by atoms with Crippen LogP contribution in [0.5, 0.6) is 11.5 Å². The molecule has 2 heterocycles. The fourth-order valence-corrected chi connectivity index (χ4v) is 7.12. The first kappa shape index (κ1) is 26.1. The van der Waals surface area contributed by atoms with Crippen molar-refractivity contribution in [3.05, 3.63) is 173 Å². The van der Waals surface area contributed by atoms with E-state index in [4.69, 9.17) is 19.7 Å². The maximum atomic E-state index is 10.4. The number of benzene rings is 6. The monoisotopic (exact) mass is 588 g/mol. The van der Waals surface area contributed by atoms with Gasteiger partial charge in [0.1, 0.15) is 11.5 Å². The largest absolute Gasteiger partial charge is 0.457 e. The summed E-state index contributed by atoms with van der Waals surface area (Å²) >= 11 is 0. The lowest BCUT2D eigenvalue weighted by Crippen LogP contribution is -2.32. The SMILES string of the molecule is N#Cc1cccc2c1-c1cc(-c3nc(-c4ccccc4)nc(-c4ccccc4)n3)ccc1C21c2ccccc2Oc2ccccc21. The van der Waals surface area contributed by atoms with Crippen molar-refractivity contribution < 1.29 is 4.74 Å². The maximum Gasteiger partial charge on any atom is 0.164 e. The molecule has 0 N–H and O–H groups in total. The highest BCUT2D eigenvalue weighted by molar-refractivity contribution is 5.92. The van der Waals surface area contributed by atoms with Crippen LogP contribution in [0.15, 0.2) is 146 Å². The molecule has 9 rings (SSSR count). The summed E-state index contributed by atoms with van der Waals surface area (Å²) in [6.45, 7) is 0. The Morgan fingerprint density at radius 1 is 0.478 bits per heavy atom. The third-order valence-corrected chi connectivity index (χ3v) is 9.04. The highest BCUT2D eigenvalue weighted by Gasteiger charge is 2.51. The first-order chi connectivity index (χ1) is 22.8. The molecule has 1 spiro atoms. The Morgan fingerprint density at radius 3 is 1.59 bits per heavy atom. The molecule has 0 amide bonds. The van der Waals surface area contributed by atoms with E-state index < -0.39 is 5.41 Å². The van der Waals surface area contributed by atoms with Crippen molar-refractivity contribution in [1.29, 1.82) is 5.26 Å². The molecule has 1 aliphatic carbocycles. The Kier molecular flexibility index (Phi) is 5.71. The van der Waals surface area contributed by atoms with Crippen molar-refractivity contribution >= 4 is 0 Å². The zero-order valence-corrected chi connectivity index (χ0v) is 24.6. The van der Waals surface area contributed by atoms with Gasteiger partial charge in [0, 0.05) is 33.4 Å². The third-order valence-electron chi connectivity index (χ3n) is 9.04. The van der Waals surface area contributed by atoms with Crippen molar-refractivity contribution in [2.24, 2.45) is 0 Å². The number of aromatic nitrogens is 3. The summed E-state index contributed by atoms with van der Waals surface area (Å²) in [4.78, 5) is 14.9. The van der Waals surface area contributed by atoms with E-state index >= 15 is 0 Å². The Labute approximate surface area is 266 Å². The molecule has 7 aromatic rings. The van der Waals surface area contributed by atoms with Crippen LogP contribution in [0, 0.1) is 11.3 Å². The molecule has 0 saturated heterocycles. The number of ether oxygens (including phenoxy) is 1. The summed E-state index contributed by atoms with van der Waals surface area (Å²) in [5.74, 6) is 3.40. The van der Waals surface area contributed by atoms with E-state index in [1.165, 1.54) is 0 Å². The molecule has 0 fully saturated rings. The number of hydrogen-bond acceptors (Lipinski definition) is 5. The van der Waals surface area contributed by atoms with Gasteiger partial charge >= 0.3 is 0 Å². The second kappa shape index (κ2) is 10.1. The van der Waals surface area contributed by atoms with Gasteiger partial charge in [0.15, 0.2) is 17.5 Å². The second-order valence-electron chi connectivity index (χ2n) is 11.5. The Balaban J connectivity index is 1.33. The first-order valence-electron chi connectivity index (χ1n) is 15.2. The van der Waals surface area contributed by atoms with Gasteiger partial charge in [-0.3, -0.25) is 0 Å². The van der Waals surface area contributed by atoms with Gasteiger partial charge in [-0.25, -0.2) is 15.0 Å². The quantitative estimate of drug-likeness (QED) is 0.206. The lowest BCUT2D eigenvalue weighted by Gasteiger charge is -2.39. The highest BCUT2D eigenvalue weighted by atomic mass is 16.5. The topological polar surface area (TPSA) is 71.7 Å². The van der Waals surface area contributed by atoms with Crippen molar-refractivity contribution in [3.63, 3.8) is 0 Å². The molecule has 0 unspecified atom stereocenters. The molecule has 5 nitrogen and oxygen atoms in total. The van der Waals surface area contributed by atoms with Crippen molar-refractivity contribution in [1.82, 2.24) is 15.0 Å². The second-order valence-corrected chi connectivity index (χ2v) is 11.5. The number of fused-ring (bicyclic) bond motifs is 9. The average molecular weight is 589 g/mol. The molecule has 1 aliphatic heterocycles. The number of nitriles is 1. The zero-order valence-electron chi connectivity index (χ0n) is 24.6. The van der Waals surface area contributed by atoms with Crippen molar-refractivity contribution in [2.45, 2.75) is 5.41 Å². The minimum Gasteiger partial charge on any atom is -0.457 e. The van der Waals surface area contributed by atoms with Crippen LogP contribution in [0.1, 0.15) is 27.8 Å². The van der Waals surface area contributed by atoms with Crippen LogP contribution in [0.4, 0.5) is 0 Å². The number of hydrogen-bond donors (Lipinski definition) is 0. The van der Waals surface area contributed by atoms with Gasteiger partial charge in [-0.15, -0.1) is 0 Å². The summed E-state index contributed by atoms with van der Waals surface area (Å²) in [7, 11) is 0. The smallest absolute Gasteiger partial charge is 0.164 e. The molecule has 0 radical (unpaired) electrons. The highest BCUT2D eigenvalue weighted by Crippen LogP contribution is 2.62. The van der Waals surface area contributed by atoms with Crippen LogP contribution in [-0.2, 0) is 5.41 Å². The van der Waals surface area contributed by atoms with Crippen LogP contribution in [0.2, 0.25) is 0 Å². The summed E-state index contributed by atoms with van der Waals surface area (Å²) in [5, 5.41) is 10.4. The fourth-order valence-electron chi connectivity index (χ4n) is 7.12. The van der Waals surface area contributed by atoms with Gasteiger partial charge in [0.25, 0.3) is 0 Å². The summed E-state index contributed by atoms with van der Waals surface area (Å²) in [6.07, 6.45) is 0. The van der Waals surface area contributed by atoms with Gasteiger partial charge in [0.05, 0.1) is 17.0 Å². The molecule has 214 valence electrons. The van der Waals surface area contributed by atoms with E-state index in [0.29, 0.717) is 23.0 Å². The number of para-hydroxylation sites is 2. The average Bonchev–Trinajstić information content (AvgIpc) is 3.42. The molecule has 5 heteroatoms. The normalized spacial score (nSPS) is 13.1. The fraction of sp³-hybridized carbons (Fsp3) is 0.0244. The van der Waals surface area contributed by atoms with Crippen LogP contribution in [0.3, 0.4) is 0 Å². The standard InChI is InChI=1S/C41H24N4O/c42-25-29-16-11-19-34-37(29)30-24-28(40-44-38(26-12-3-1-4-13-26)43-39(45-40)27-14-5-2-6-15-27)22-23-31(30)41(34)32-17-7-9-20-35(32)46-36-21-10-8-18-33(36)41/h1-24H. The van der Waals surface area contributed by atoms with Crippen LogP contribution < -0.4 is 4.74 Å². The van der Waals surface area contributed by atoms with Gasteiger partial charge in [-0.1, -0.05) is 121 Å². The molecule has 6 aromatic carbocycles. The van der Waals surface area contributed by atoms with E-state index in [-0.39, 0.29) is 0 Å². The van der Waals surface area contributed by atoms with E-state index in [2.05, 4.69) is 54.6 Å². The lowest BCUT2D eigenvalue weighted by molar-refractivity contribution is 0.436. The predicted molar refractivity (Wildman–Crippen MR) is 178 cm³/mol. The van der Waals surface area contributed by atoms with E-state index in [1.54, 1.807) is 0 Å². The molecule has 0 atom stereocenters. The van der Waals surface area contributed by atoms with Crippen LogP contribution >= 0.6 is 0 Å². The van der Waals surface area contributed by atoms with Crippen molar-refractivity contribution in [2.75, 3.05) is 0 Å². The molecule has 2 aliphatic rings. The van der Waals surface area contributed by atoms with Crippen LogP contribution in [-0.4, -0.2) is 15.0 Å². The number of nitrogens with zero attached hydrogens (tertiary/aromatic N) is 4. The summed E-state index contributed by atoms with van der Waals surface area (Å²) in [6, 6.07) is 51.3. The molecule has 46 heavy (non-hydrogen) atoms. The van der Waals surface area contributed by atoms with E-state index in [0.717, 1.165) is 61.6 Å². The summed E-state index contributed by atoms with van der Waals surface area (Å²) < 4.78 is 6.46. The van der Waals surface area contributed by atoms with Crippen LogP contribution in [0.25, 0.3) is 45.3 Å². The minimum absolute atomic E-state index is 0.570. The van der Waals surface area contributed by atoms with Gasteiger partial charge in [-0.05, 0) is 41.0 Å². The Morgan fingerprint density at radius 2 is 1.00 bits per heavy atom. The van der Waals surface area contributed by atoms with Gasteiger partial charge in [0.2, 0.25) is 0 Å². The first-order valence-corrected chi connectivity index (χ1v) is 15.2. The third kappa shape index (κ3) is 3.71. The van der Waals surface area contributed by atoms with Crippen molar-refractivity contribution in [3.8, 4) is 62.9 Å². The minimum atomic E-state index is -0.662. The Bertz CT molecular complexity index is 2260. The maximum absolute atomic E-state index is 10.4. The predicted octanol–water partition coefficient (Wildman–Crippen LogP) is 9.21. The molecule has 0 saturated carbocycles. The molecular weight excluding hydrogens is 564 g/mol. The van der Waals surface area contributed by atoms with E-state index in [9.17, 15) is 5.26 Å². The number of rotatable bonds is 3. The Hall–Kier alpha value is -6.38. The molecule has 1 aromatic heterocycles. The zero-order chi connectivity index (χ0) is 30.7. The van der Waals surface area contributed by atoms with Gasteiger partial charge < -0.3 is 4.74 Å². The van der Waals surface area contributed by atoms with Gasteiger partial charge in [-0.2, -0.15) is 5.26 Å². The molecule has 0 bridgehead atoms. The lowest BCUT2D eigenvalue weighted by atomic mass is 9.66. The van der Waals surface area contributed by atoms with E-state index in [1.807, 2.05) is 97.1 Å². The molecular formula is C41H24N4O.